The van der Waals surface area contributed by atoms with Crippen LogP contribution in [0.15, 0.2) is 177 Å². The maximum absolute atomic E-state index is 12.5. The number of allylic oxidation sites excluding steroid dienone is 3. The van der Waals surface area contributed by atoms with E-state index in [0.29, 0.717) is 79.4 Å². The summed E-state index contributed by atoms with van der Waals surface area (Å²) in [5.74, 6) is 0.463. The molecule has 11 aliphatic rings. The second-order valence-electron chi connectivity index (χ2n) is 31.9. The van der Waals surface area contributed by atoms with Crippen LogP contribution in [0.5, 0.6) is 0 Å². The molecule has 15 heterocycles. The van der Waals surface area contributed by atoms with E-state index in [9.17, 15) is 47.9 Å². The number of nitrogens with one attached hydrogen (secondary N) is 4. The Hall–Kier alpha value is -10.4. The van der Waals surface area contributed by atoms with Crippen molar-refractivity contribution in [2.24, 2.45) is 0 Å². The number of carbonyl (C=O) groups is 3. The summed E-state index contributed by atoms with van der Waals surface area (Å²) in [7, 11) is 0.762. The number of hydrogen-bond donors (Lipinski definition) is 9. The van der Waals surface area contributed by atoms with E-state index < -0.39 is 0 Å². The number of anilines is 7. The van der Waals surface area contributed by atoms with Crippen LogP contribution in [0, 0.1) is 0 Å². The van der Waals surface area contributed by atoms with Gasteiger partial charge in [0.1, 0.15) is 23.3 Å². The molecule has 8 fully saturated rings. The maximum Gasteiger partial charge on any atom is 0.485 e. The van der Waals surface area contributed by atoms with Crippen molar-refractivity contribution in [3.8, 4) is 0 Å². The number of aromatic amines is 1. The van der Waals surface area contributed by atoms with Crippen LogP contribution in [0.4, 0.5) is 39.8 Å². The fourth-order valence-corrected chi connectivity index (χ4v) is 15.2. The molecule has 5 saturated heterocycles. The van der Waals surface area contributed by atoms with Gasteiger partial charge in [-0.25, -0.2) is 0 Å². The lowest BCUT2D eigenvalue weighted by Gasteiger charge is -2.25. The highest BCUT2D eigenvalue weighted by atomic mass is 79.9. The molecule has 5 atom stereocenters. The third kappa shape index (κ3) is 34.3. The Balaban J connectivity index is 0.000000163. The first-order valence-electron chi connectivity index (χ1n) is 43.5. The van der Waals surface area contributed by atoms with Crippen molar-refractivity contribution in [1.29, 1.82) is 0 Å². The highest BCUT2D eigenvalue weighted by Crippen LogP contribution is 2.42. The van der Waals surface area contributed by atoms with E-state index in [2.05, 4.69) is 57.4 Å². The first-order chi connectivity index (χ1) is 61.4. The molecule has 3 amide bonds. The van der Waals surface area contributed by atoms with Crippen LogP contribution in [-0.4, -0.2) is 155 Å². The molecule has 13 N–H and O–H groups in total. The van der Waals surface area contributed by atoms with Crippen LogP contribution in [0.25, 0.3) is 5.70 Å². The minimum Gasteiger partial charge on any atom is -0.502 e. The highest BCUT2D eigenvalue weighted by molar-refractivity contribution is 9.11. The second-order valence-corrected chi connectivity index (χ2v) is 33.9. The number of ether oxygens (including phenoxy) is 8. The van der Waals surface area contributed by atoms with E-state index in [1.54, 1.807) is 127 Å². The minimum atomic E-state index is -0.253. The lowest BCUT2D eigenvalue weighted by Crippen LogP contribution is -2.32. The number of nitrogen functional groups attached to an aromatic ring is 4. The van der Waals surface area contributed by atoms with E-state index in [-0.39, 0.29) is 98.2 Å². The number of carbonyl (C=O) groups excluding carboxylic acids is 3. The number of pyridine rings is 7. The number of nitrogens with two attached hydrogens (primary N) is 4. The molecule has 3 aliphatic carbocycles. The van der Waals surface area contributed by atoms with Crippen LogP contribution < -0.4 is 77.8 Å². The van der Waals surface area contributed by atoms with E-state index >= 15 is 0 Å². The topological polar surface area (TPSA) is 460 Å². The standard InChI is InChI=1S/C15H20N2O3.C13H18N2O2.C12H15BrN2O3.C12H16N2O3.C10H14N2O2.C10H12N2O2.C5H7BrO.C5H6N2O.C5H8O.C3H6BO2/c1-10(18)16-14-7-12(11-4-5-11)8-17(15(14)19)13-3-2-6-20-9-13;14-12-6-10(9-3-4-9)7-15(13(12)16)11-2-1-5-17-8-11;1-8(16)14-11-5-9(13)6-15(12(11)17)10-3-2-4-18-7-10;1-9(15)13-11-5-2-6-14(12(11)16)10-4-3-7-17-8-10;2*11-9-4-1-5-12(10(9)13)8-3-2-6-14-7-8;6-5-2-1-3-7-4-5;6-4-2-1-3-7-5(4)8;1-2-4-6-5-3-1;5-4-6-3-1-2-3/h7-8,11,13H,2-6,9H2,1H3,(H,16,18);6-7,9,11H,1-5,8,14H2;5-6,10H,2-4,7H2,1H3,(H,14,16);2,5-6,10H,3-4,7-8H2,1H3,(H,13,15);1,4-5,8H,2-3,6-7,11H2;1,4-5,7H,2-3,6,11H2;4H,1-3H2;1-3H,6H2,(H,7,8);2,4H,1,3,5H2;3,5H,1-2H2. The Morgan fingerprint density at radius 3 is 1.28 bits per heavy atom. The Labute approximate surface area is 755 Å². The molecule has 7 aromatic heterocycles. The van der Waals surface area contributed by atoms with Gasteiger partial charge < -0.3 is 114 Å². The third-order valence-corrected chi connectivity index (χ3v) is 22.4. The smallest absolute Gasteiger partial charge is 0.485 e. The summed E-state index contributed by atoms with van der Waals surface area (Å²) in [6.45, 7) is 13.5. The molecule has 18 rings (SSSR count). The average molecular weight is 1890 g/mol. The van der Waals surface area contributed by atoms with Crippen molar-refractivity contribution in [2.75, 3.05) is 125 Å². The molecule has 1 radical (unpaired) electrons. The number of halogens is 2. The predicted molar refractivity (Wildman–Crippen MR) is 497 cm³/mol. The zero-order valence-electron chi connectivity index (χ0n) is 72.6. The van der Waals surface area contributed by atoms with Gasteiger partial charge in [0.2, 0.25) is 17.7 Å². The van der Waals surface area contributed by atoms with Crippen molar-refractivity contribution in [2.45, 2.75) is 210 Å². The Morgan fingerprint density at radius 1 is 0.449 bits per heavy atom. The van der Waals surface area contributed by atoms with Gasteiger partial charge in [0.15, 0.2) is 0 Å². The maximum atomic E-state index is 12.5. The summed E-state index contributed by atoms with van der Waals surface area (Å²) in [5, 5.41) is 15.7. The van der Waals surface area contributed by atoms with E-state index in [1.165, 1.54) is 73.9 Å². The molecule has 7 aromatic rings. The van der Waals surface area contributed by atoms with Gasteiger partial charge in [-0.1, -0.05) is 15.9 Å². The molecule has 3 saturated carbocycles. The zero-order valence-corrected chi connectivity index (χ0v) is 75.8. The Morgan fingerprint density at radius 2 is 0.882 bits per heavy atom. The predicted octanol–water partition coefficient (Wildman–Crippen LogP) is 11.6. The van der Waals surface area contributed by atoms with Crippen LogP contribution in [0.1, 0.15) is 215 Å². The number of aromatic nitrogens is 7. The molecule has 0 bridgehead atoms. The van der Waals surface area contributed by atoms with Gasteiger partial charge in [0, 0.05) is 112 Å². The van der Waals surface area contributed by atoms with Crippen molar-refractivity contribution in [3.63, 3.8) is 0 Å². The molecule has 8 aliphatic heterocycles. The van der Waals surface area contributed by atoms with Crippen LogP contribution >= 0.6 is 31.9 Å². The number of nitrogens with zero attached hydrogens (tertiary/aromatic N) is 6. The highest BCUT2D eigenvalue weighted by Gasteiger charge is 2.30. The van der Waals surface area contributed by atoms with E-state index in [4.69, 9.17) is 65.9 Å². The average Bonchev–Trinajstić information content (AvgIpc) is 1.72. The minimum absolute atomic E-state index is 0.0382. The molecular formula is C90H122BBr2N14O20. The van der Waals surface area contributed by atoms with Gasteiger partial charge in [-0.05, 0) is 253 Å². The lowest BCUT2D eigenvalue weighted by molar-refractivity contribution is -0.115. The van der Waals surface area contributed by atoms with E-state index in [0.717, 1.165) is 179 Å². The van der Waals surface area contributed by atoms with Crippen LogP contribution in [0.2, 0.25) is 0 Å². The van der Waals surface area contributed by atoms with Crippen LogP contribution in [0.3, 0.4) is 0 Å². The summed E-state index contributed by atoms with van der Waals surface area (Å²) < 4.78 is 58.6. The van der Waals surface area contributed by atoms with Crippen molar-refractivity contribution < 1.29 is 62.0 Å². The molecule has 689 valence electrons. The van der Waals surface area contributed by atoms with Gasteiger partial charge in [0.05, 0.1) is 124 Å². The van der Waals surface area contributed by atoms with Crippen molar-refractivity contribution >= 4 is 103 Å². The van der Waals surface area contributed by atoms with Gasteiger partial charge in [-0.15, -0.1) is 0 Å². The molecule has 0 spiro atoms. The lowest BCUT2D eigenvalue weighted by atomic mass is 10.1. The SMILES string of the molecule is BrC1=COCCC1.C1=COCCC1.CC(=O)Nc1cc(Br)cn(C2CCCOC2)c1=O.CC(=O)Nc1cc(C2CC2)cn(C2CCCOC2)c1=O.CC(=O)Nc1cccn(C2CCCOC2)c1=O.Nc1cc(C2CC2)cn(C2CCCOC2)c1=O.Nc1ccc[nH]c1=O.Nc1cccn(C2=COCCC2)c1=O.Nc1cccn(C2CCCOC2)c1=O.O[B]OC1CC1. The first kappa shape index (κ1) is 100. The summed E-state index contributed by atoms with van der Waals surface area (Å²) in [5.41, 5.74) is 26.5. The molecule has 127 heavy (non-hydrogen) atoms. The molecule has 0 aromatic carbocycles. The largest absolute Gasteiger partial charge is 0.502 e. The first-order valence-corrected chi connectivity index (χ1v) is 45.1. The fraction of sp³-hybridized carbons (Fsp3) is 0.511. The van der Waals surface area contributed by atoms with Gasteiger partial charge in [-0.3, -0.25) is 52.5 Å². The third-order valence-electron chi connectivity index (χ3n) is 21.4. The van der Waals surface area contributed by atoms with Gasteiger partial charge in [-0.2, -0.15) is 0 Å². The van der Waals surface area contributed by atoms with E-state index in [1.807, 2.05) is 30.6 Å². The number of rotatable bonds is 13. The van der Waals surface area contributed by atoms with Gasteiger partial charge >= 0.3 is 7.69 Å². The summed E-state index contributed by atoms with van der Waals surface area (Å²) in [4.78, 5) is 118. The van der Waals surface area contributed by atoms with Crippen molar-refractivity contribution in [3.05, 3.63) is 228 Å². The van der Waals surface area contributed by atoms with Crippen LogP contribution in [-0.2, 0) is 56.9 Å². The molecular weight excluding hydrogens is 1770 g/mol. The summed E-state index contributed by atoms with van der Waals surface area (Å²) in [6.07, 6.45) is 43.2. The normalized spacial score (nSPS) is 20.1. The number of hydrogen-bond acceptors (Lipinski definition) is 24. The Kier molecular flexibility index (Phi) is 42.2. The zero-order chi connectivity index (χ0) is 91.0. The fourth-order valence-electron chi connectivity index (χ4n) is 14.3. The second kappa shape index (κ2) is 53.4. The summed E-state index contributed by atoms with van der Waals surface area (Å²) >= 11 is 6.68. The number of H-pyrrole nitrogens is 1. The van der Waals surface area contributed by atoms with Crippen molar-refractivity contribution in [1.82, 2.24) is 32.4 Å². The number of amides is 3. The molecule has 37 heteroatoms. The van der Waals surface area contributed by atoms with Gasteiger partial charge in [0.25, 0.3) is 38.9 Å². The monoisotopic (exact) mass is 1890 g/mol. The quantitative estimate of drug-likeness (QED) is 0.0484. The molecule has 5 unspecified atom stereocenters. The molecule has 34 nitrogen and oxygen atoms in total. The summed E-state index contributed by atoms with van der Waals surface area (Å²) in [6, 6.07) is 19.2. The Bertz CT molecular complexity index is 5190.